The molecule has 1 aliphatic rings. The number of carboxylic acid groups (broad SMARTS) is 1. The molecule has 2 amide bonds. The molecular formula is C24H28N2O5S. The molecule has 0 aromatic heterocycles. The van der Waals surface area contributed by atoms with Gasteiger partial charge < -0.3 is 20.5 Å². The second-order valence-electron chi connectivity index (χ2n) is 7.81. The van der Waals surface area contributed by atoms with Crippen molar-refractivity contribution in [3.8, 4) is 11.1 Å². The highest BCUT2D eigenvalue weighted by Gasteiger charge is 2.29. The van der Waals surface area contributed by atoms with Crippen LogP contribution < -0.4 is 10.6 Å². The lowest BCUT2D eigenvalue weighted by molar-refractivity contribution is -0.141. The van der Waals surface area contributed by atoms with E-state index in [9.17, 15) is 19.5 Å². The summed E-state index contributed by atoms with van der Waals surface area (Å²) >= 11 is 1.52. The lowest BCUT2D eigenvalue weighted by Crippen LogP contribution is -2.44. The maximum Gasteiger partial charge on any atom is 0.407 e. The molecule has 0 spiro atoms. The maximum absolute atomic E-state index is 12.3. The highest BCUT2D eigenvalue weighted by Crippen LogP contribution is 2.44. The first-order valence-electron chi connectivity index (χ1n) is 10.5. The highest BCUT2D eigenvalue weighted by atomic mass is 32.2. The van der Waals surface area contributed by atoms with Crippen LogP contribution in [0, 0.1) is 0 Å². The Bertz CT molecular complexity index is 935. The number of hydrogen-bond donors (Lipinski definition) is 3. The zero-order chi connectivity index (χ0) is 23.1. The van der Waals surface area contributed by atoms with Crippen molar-refractivity contribution in [3.05, 3.63) is 59.7 Å². The summed E-state index contributed by atoms with van der Waals surface area (Å²) in [5, 5.41) is 14.4. The summed E-state index contributed by atoms with van der Waals surface area (Å²) in [6.07, 6.45) is 1.58. The van der Waals surface area contributed by atoms with Gasteiger partial charge in [0, 0.05) is 18.4 Å². The van der Waals surface area contributed by atoms with Crippen LogP contribution in [0.3, 0.4) is 0 Å². The number of aliphatic carboxylic acids is 1. The normalized spacial score (nSPS) is 14.1. The van der Waals surface area contributed by atoms with Crippen LogP contribution in [0.4, 0.5) is 4.79 Å². The van der Waals surface area contributed by atoms with Gasteiger partial charge in [0.05, 0.1) is 0 Å². The first-order valence-corrected chi connectivity index (χ1v) is 11.9. The molecular weight excluding hydrogens is 428 g/mol. The number of rotatable bonds is 10. The van der Waals surface area contributed by atoms with Crippen molar-refractivity contribution in [3.63, 3.8) is 0 Å². The van der Waals surface area contributed by atoms with Gasteiger partial charge in [-0.05, 0) is 47.6 Å². The number of carbonyl (C=O) groups is 3. The molecule has 3 N–H and O–H groups in total. The molecule has 0 fully saturated rings. The van der Waals surface area contributed by atoms with Crippen LogP contribution in [-0.4, -0.2) is 53.8 Å². The van der Waals surface area contributed by atoms with Gasteiger partial charge in [-0.25, -0.2) is 9.59 Å². The summed E-state index contributed by atoms with van der Waals surface area (Å²) in [6.45, 7) is 1.87. The smallest absolute Gasteiger partial charge is 0.407 e. The minimum atomic E-state index is -1.07. The van der Waals surface area contributed by atoms with E-state index in [0.717, 1.165) is 22.3 Å². The molecule has 3 rings (SSSR count). The molecule has 2 atom stereocenters. The third-order valence-corrected chi connectivity index (χ3v) is 6.09. The van der Waals surface area contributed by atoms with Crippen molar-refractivity contribution >= 4 is 29.7 Å². The Labute approximate surface area is 191 Å². The fraction of sp³-hybridized carbons (Fsp3) is 0.375. The maximum atomic E-state index is 12.3. The van der Waals surface area contributed by atoms with E-state index >= 15 is 0 Å². The molecule has 170 valence electrons. The Hall–Kier alpha value is -3.00. The lowest BCUT2D eigenvalue weighted by Gasteiger charge is -2.18. The molecule has 0 heterocycles. The van der Waals surface area contributed by atoms with Crippen molar-refractivity contribution in [2.24, 2.45) is 0 Å². The topological polar surface area (TPSA) is 105 Å². The van der Waals surface area contributed by atoms with E-state index in [0.29, 0.717) is 12.2 Å². The van der Waals surface area contributed by atoms with Gasteiger partial charge in [0.2, 0.25) is 5.91 Å². The Morgan fingerprint density at radius 2 is 1.62 bits per heavy atom. The van der Waals surface area contributed by atoms with E-state index in [1.807, 2.05) is 42.7 Å². The Morgan fingerprint density at radius 3 is 2.19 bits per heavy atom. The number of alkyl carbamates (subject to hydrolysis) is 1. The molecule has 7 nitrogen and oxygen atoms in total. The van der Waals surface area contributed by atoms with E-state index < -0.39 is 30.1 Å². The molecule has 32 heavy (non-hydrogen) atoms. The fourth-order valence-electron chi connectivity index (χ4n) is 3.92. The second-order valence-corrected chi connectivity index (χ2v) is 8.80. The van der Waals surface area contributed by atoms with E-state index in [4.69, 9.17) is 4.74 Å². The van der Waals surface area contributed by atoms with Crippen LogP contribution >= 0.6 is 11.8 Å². The van der Waals surface area contributed by atoms with Crippen molar-refractivity contribution < 1.29 is 24.2 Å². The van der Waals surface area contributed by atoms with Gasteiger partial charge in [0.15, 0.2) is 0 Å². The standard InChI is InChI=1S/C24H28N2O5S/c1-15(13-22(27)26-21(23(28)29)11-12-32-2)25-24(30)31-14-20-18-9-5-3-7-16(18)17-8-4-6-10-19(17)20/h3-10,15,20-21H,11-14H2,1-2H3,(H,25,30)(H,26,27)(H,28,29)/t15-,21-/m0/s1. The van der Waals surface area contributed by atoms with Crippen LogP contribution in [-0.2, 0) is 14.3 Å². The summed E-state index contributed by atoms with van der Waals surface area (Å²) in [4.78, 5) is 35.8. The van der Waals surface area contributed by atoms with E-state index in [1.165, 1.54) is 11.8 Å². The predicted molar refractivity (Wildman–Crippen MR) is 125 cm³/mol. The van der Waals surface area contributed by atoms with Crippen LogP contribution in [0.25, 0.3) is 11.1 Å². The summed E-state index contributed by atoms with van der Waals surface area (Å²) in [5.41, 5.74) is 4.55. The number of nitrogens with one attached hydrogen (secondary N) is 2. The molecule has 0 saturated heterocycles. The van der Waals surface area contributed by atoms with Gasteiger partial charge in [0.1, 0.15) is 12.6 Å². The van der Waals surface area contributed by atoms with E-state index in [-0.39, 0.29) is 18.9 Å². The molecule has 2 aromatic carbocycles. The van der Waals surface area contributed by atoms with Gasteiger partial charge in [-0.3, -0.25) is 4.79 Å². The Morgan fingerprint density at radius 1 is 1.03 bits per heavy atom. The molecule has 0 saturated carbocycles. The quantitative estimate of drug-likeness (QED) is 0.504. The lowest BCUT2D eigenvalue weighted by atomic mass is 9.98. The number of carboxylic acids is 1. The van der Waals surface area contributed by atoms with Gasteiger partial charge in [-0.15, -0.1) is 0 Å². The number of thioether (sulfide) groups is 1. The summed E-state index contributed by atoms with van der Waals surface area (Å²) in [7, 11) is 0. The first-order chi connectivity index (χ1) is 15.4. The first kappa shape index (κ1) is 23.7. The zero-order valence-electron chi connectivity index (χ0n) is 18.2. The molecule has 0 radical (unpaired) electrons. The number of benzene rings is 2. The van der Waals surface area contributed by atoms with E-state index in [1.54, 1.807) is 6.92 Å². The van der Waals surface area contributed by atoms with Gasteiger partial charge in [0.25, 0.3) is 0 Å². The Kier molecular flexibility index (Phi) is 8.16. The van der Waals surface area contributed by atoms with Crippen molar-refractivity contribution in [2.75, 3.05) is 18.6 Å². The Balaban J connectivity index is 1.51. The minimum absolute atomic E-state index is 0.0345. The third kappa shape index (κ3) is 5.82. The molecule has 1 aliphatic carbocycles. The largest absolute Gasteiger partial charge is 0.480 e. The summed E-state index contributed by atoms with van der Waals surface area (Å²) in [5.74, 6) is -0.904. The zero-order valence-corrected chi connectivity index (χ0v) is 19.0. The molecule has 0 aliphatic heterocycles. The van der Waals surface area contributed by atoms with Crippen LogP contribution in [0.2, 0.25) is 0 Å². The number of carbonyl (C=O) groups excluding carboxylic acids is 2. The van der Waals surface area contributed by atoms with Crippen LogP contribution in [0.1, 0.15) is 36.8 Å². The molecule has 0 bridgehead atoms. The monoisotopic (exact) mass is 456 g/mol. The highest BCUT2D eigenvalue weighted by molar-refractivity contribution is 7.98. The number of ether oxygens (including phenoxy) is 1. The number of hydrogen-bond acceptors (Lipinski definition) is 5. The second kappa shape index (κ2) is 11.0. The molecule has 8 heteroatoms. The average Bonchev–Trinajstić information content (AvgIpc) is 3.08. The SMILES string of the molecule is CSCC[C@H](NC(=O)C[C@H](C)NC(=O)OCC1c2ccccc2-c2ccccc21)C(=O)O. The molecule has 0 unspecified atom stereocenters. The van der Waals surface area contributed by atoms with Gasteiger partial charge >= 0.3 is 12.1 Å². The van der Waals surface area contributed by atoms with Gasteiger partial charge in [-0.1, -0.05) is 48.5 Å². The minimum Gasteiger partial charge on any atom is -0.480 e. The number of fused-ring (bicyclic) bond motifs is 3. The van der Waals surface area contributed by atoms with Crippen molar-refractivity contribution in [2.45, 2.75) is 37.8 Å². The van der Waals surface area contributed by atoms with Gasteiger partial charge in [-0.2, -0.15) is 11.8 Å². The number of amides is 2. The van der Waals surface area contributed by atoms with Crippen LogP contribution in [0.15, 0.2) is 48.5 Å². The van der Waals surface area contributed by atoms with Crippen molar-refractivity contribution in [1.29, 1.82) is 0 Å². The van der Waals surface area contributed by atoms with Crippen LogP contribution in [0.5, 0.6) is 0 Å². The van der Waals surface area contributed by atoms with Crippen molar-refractivity contribution in [1.82, 2.24) is 10.6 Å². The summed E-state index contributed by atoms with van der Waals surface area (Å²) in [6, 6.07) is 14.7. The fourth-order valence-corrected chi connectivity index (χ4v) is 4.39. The third-order valence-electron chi connectivity index (χ3n) is 5.44. The van der Waals surface area contributed by atoms with E-state index in [2.05, 4.69) is 22.8 Å². The predicted octanol–water partition coefficient (Wildman–Crippen LogP) is 3.63. The average molecular weight is 457 g/mol. The molecule has 2 aromatic rings. The summed E-state index contributed by atoms with van der Waals surface area (Å²) < 4.78 is 5.49.